The van der Waals surface area contributed by atoms with E-state index in [1.807, 2.05) is 24.3 Å². The lowest BCUT2D eigenvalue weighted by Gasteiger charge is -2.12. The first-order chi connectivity index (χ1) is 8.11. The molecular formula is C12H20N3OS+. The molecule has 94 valence electrons. The SMILES string of the molecule is COc1ccc(NC(=S)NCC[NH+](C)C)cc1. The maximum absolute atomic E-state index is 5.19. The van der Waals surface area contributed by atoms with Crippen LogP contribution in [0.1, 0.15) is 0 Å². The van der Waals surface area contributed by atoms with Gasteiger partial charge in [-0.2, -0.15) is 0 Å². The summed E-state index contributed by atoms with van der Waals surface area (Å²) in [4.78, 5) is 1.39. The minimum Gasteiger partial charge on any atom is -0.497 e. The molecule has 0 unspecified atom stereocenters. The van der Waals surface area contributed by atoms with Gasteiger partial charge in [-0.3, -0.25) is 0 Å². The minimum atomic E-state index is 0.649. The molecule has 5 heteroatoms. The third kappa shape index (κ3) is 5.51. The molecule has 0 amide bonds. The average Bonchev–Trinajstić information content (AvgIpc) is 2.29. The summed E-state index contributed by atoms with van der Waals surface area (Å²) in [7, 11) is 5.88. The van der Waals surface area contributed by atoms with E-state index >= 15 is 0 Å². The molecule has 0 bridgehead atoms. The van der Waals surface area contributed by atoms with Gasteiger partial charge in [0.2, 0.25) is 0 Å². The van der Waals surface area contributed by atoms with Crippen molar-refractivity contribution < 1.29 is 9.64 Å². The van der Waals surface area contributed by atoms with Gasteiger partial charge in [0.05, 0.1) is 34.3 Å². The number of likely N-dealkylation sites (N-methyl/N-ethyl adjacent to an activating group) is 1. The zero-order valence-electron chi connectivity index (χ0n) is 10.5. The van der Waals surface area contributed by atoms with E-state index in [1.54, 1.807) is 7.11 Å². The standard InChI is InChI=1S/C12H19N3OS/c1-15(2)9-8-13-12(17)14-10-4-6-11(16-3)7-5-10/h4-7H,8-9H2,1-3H3,(H2,13,14,17)/p+1. The van der Waals surface area contributed by atoms with Gasteiger partial charge in [0.15, 0.2) is 5.11 Å². The number of methoxy groups -OCH3 is 1. The van der Waals surface area contributed by atoms with Crippen molar-refractivity contribution in [1.29, 1.82) is 0 Å². The lowest BCUT2D eigenvalue weighted by molar-refractivity contribution is -0.856. The highest BCUT2D eigenvalue weighted by Crippen LogP contribution is 2.14. The largest absolute Gasteiger partial charge is 0.497 e. The van der Waals surface area contributed by atoms with Crippen LogP contribution >= 0.6 is 12.2 Å². The third-order valence-electron chi connectivity index (χ3n) is 2.26. The molecule has 0 fully saturated rings. The summed E-state index contributed by atoms with van der Waals surface area (Å²) >= 11 is 5.19. The molecule has 17 heavy (non-hydrogen) atoms. The number of thiocarbonyl (C=S) groups is 1. The maximum Gasteiger partial charge on any atom is 0.170 e. The van der Waals surface area contributed by atoms with Crippen LogP contribution in [0.3, 0.4) is 0 Å². The van der Waals surface area contributed by atoms with E-state index < -0.39 is 0 Å². The molecule has 0 aliphatic carbocycles. The molecule has 0 radical (unpaired) electrons. The molecule has 0 saturated carbocycles. The van der Waals surface area contributed by atoms with Crippen LogP contribution < -0.4 is 20.3 Å². The number of hydrogen-bond donors (Lipinski definition) is 3. The van der Waals surface area contributed by atoms with E-state index in [4.69, 9.17) is 17.0 Å². The van der Waals surface area contributed by atoms with Gasteiger partial charge in [-0.1, -0.05) is 0 Å². The van der Waals surface area contributed by atoms with Crippen molar-refractivity contribution in [3.8, 4) is 5.75 Å². The van der Waals surface area contributed by atoms with Crippen molar-refractivity contribution in [3.63, 3.8) is 0 Å². The molecule has 0 atom stereocenters. The molecule has 1 aromatic rings. The Bertz CT molecular complexity index is 351. The fourth-order valence-corrected chi connectivity index (χ4v) is 1.50. The predicted octanol–water partition coefficient (Wildman–Crippen LogP) is 0.126. The Morgan fingerprint density at radius 1 is 1.29 bits per heavy atom. The van der Waals surface area contributed by atoms with Gasteiger partial charge in [-0.15, -0.1) is 0 Å². The lowest BCUT2D eigenvalue weighted by Crippen LogP contribution is -3.06. The fourth-order valence-electron chi connectivity index (χ4n) is 1.28. The van der Waals surface area contributed by atoms with Crippen LogP contribution in [-0.2, 0) is 0 Å². The van der Waals surface area contributed by atoms with Gasteiger partial charge in [0.25, 0.3) is 0 Å². The van der Waals surface area contributed by atoms with Gasteiger partial charge in [-0.05, 0) is 36.5 Å². The maximum atomic E-state index is 5.19. The van der Waals surface area contributed by atoms with E-state index in [0.29, 0.717) is 5.11 Å². The van der Waals surface area contributed by atoms with Crippen LogP contribution in [0.5, 0.6) is 5.75 Å². The predicted molar refractivity (Wildman–Crippen MR) is 74.9 cm³/mol. The zero-order chi connectivity index (χ0) is 12.7. The molecule has 0 heterocycles. The highest BCUT2D eigenvalue weighted by atomic mass is 32.1. The van der Waals surface area contributed by atoms with Gasteiger partial charge >= 0.3 is 0 Å². The summed E-state index contributed by atoms with van der Waals surface area (Å²) < 4.78 is 5.09. The lowest BCUT2D eigenvalue weighted by atomic mass is 10.3. The quantitative estimate of drug-likeness (QED) is 0.653. The van der Waals surface area contributed by atoms with Crippen LogP contribution in [0.25, 0.3) is 0 Å². The van der Waals surface area contributed by atoms with Gasteiger partial charge in [0.1, 0.15) is 5.75 Å². The van der Waals surface area contributed by atoms with Crippen LogP contribution in [0.2, 0.25) is 0 Å². The second-order valence-electron chi connectivity index (χ2n) is 4.07. The Morgan fingerprint density at radius 3 is 2.47 bits per heavy atom. The van der Waals surface area contributed by atoms with Crippen molar-refractivity contribution in [2.24, 2.45) is 0 Å². The third-order valence-corrected chi connectivity index (χ3v) is 2.50. The van der Waals surface area contributed by atoms with Crippen LogP contribution in [0.4, 0.5) is 5.69 Å². The number of ether oxygens (including phenoxy) is 1. The van der Waals surface area contributed by atoms with Crippen molar-refractivity contribution in [3.05, 3.63) is 24.3 Å². The second-order valence-corrected chi connectivity index (χ2v) is 4.47. The minimum absolute atomic E-state index is 0.649. The van der Waals surface area contributed by atoms with Gasteiger partial charge in [-0.25, -0.2) is 0 Å². The summed E-state index contributed by atoms with van der Waals surface area (Å²) in [5.41, 5.74) is 0.959. The molecule has 0 spiro atoms. The van der Waals surface area contributed by atoms with E-state index in [0.717, 1.165) is 24.5 Å². The second kappa shape index (κ2) is 7.09. The highest BCUT2D eigenvalue weighted by molar-refractivity contribution is 7.80. The Kier molecular flexibility index (Phi) is 5.72. The Hall–Kier alpha value is -1.33. The number of benzene rings is 1. The molecule has 1 rings (SSSR count). The highest BCUT2D eigenvalue weighted by Gasteiger charge is 1.99. The topological polar surface area (TPSA) is 37.7 Å². The van der Waals surface area contributed by atoms with E-state index in [9.17, 15) is 0 Å². The van der Waals surface area contributed by atoms with Gasteiger partial charge < -0.3 is 20.3 Å². The van der Waals surface area contributed by atoms with Crippen LogP contribution in [0, 0.1) is 0 Å². The number of anilines is 1. The van der Waals surface area contributed by atoms with Crippen molar-refractivity contribution >= 4 is 23.0 Å². The average molecular weight is 254 g/mol. The fraction of sp³-hybridized carbons (Fsp3) is 0.417. The van der Waals surface area contributed by atoms with Crippen LogP contribution in [-0.4, -0.2) is 39.4 Å². The zero-order valence-corrected chi connectivity index (χ0v) is 11.4. The van der Waals surface area contributed by atoms with E-state index in [2.05, 4.69) is 24.7 Å². The first kappa shape index (κ1) is 13.7. The van der Waals surface area contributed by atoms with E-state index in [-0.39, 0.29) is 0 Å². The Morgan fingerprint density at radius 2 is 1.94 bits per heavy atom. The summed E-state index contributed by atoms with van der Waals surface area (Å²) in [6.45, 7) is 1.90. The number of nitrogens with one attached hydrogen (secondary N) is 3. The first-order valence-electron chi connectivity index (χ1n) is 5.59. The van der Waals surface area contributed by atoms with Gasteiger partial charge in [0, 0.05) is 5.69 Å². The van der Waals surface area contributed by atoms with Crippen molar-refractivity contribution in [2.45, 2.75) is 0 Å². The molecule has 3 N–H and O–H groups in total. The summed E-state index contributed by atoms with van der Waals surface area (Å²) in [5, 5.41) is 6.93. The van der Waals surface area contributed by atoms with E-state index in [1.165, 1.54) is 4.90 Å². The monoisotopic (exact) mass is 254 g/mol. The first-order valence-corrected chi connectivity index (χ1v) is 6.00. The number of quaternary nitrogens is 1. The van der Waals surface area contributed by atoms with Crippen molar-refractivity contribution in [1.82, 2.24) is 5.32 Å². The molecular weight excluding hydrogens is 234 g/mol. The van der Waals surface area contributed by atoms with Crippen LogP contribution in [0.15, 0.2) is 24.3 Å². The van der Waals surface area contributed by atoms with Crippen molar-refractivity contribution in [2.75, 3.05) is 39.6 Å². The molecule has 0 saturated heterocycles. The molecule has 0 aliphatic heterocycles. The summed E-state index contributed by atoms with van der Waals surface area (Å²) in [6.07, 6.45) is 0. The molecule has 4 nitrogen and oxygen atoms in total. The Labute approximate surface area is 108 Å². The normalized spacial score (nSPS) is 10.1. The molecule has 1 aromatic carbocycles. The molecule has 0 aliphatic rings. The smallest absolute Gasteiger partial charge is 0.170 e. The summed E-state index contributed by atoms with van der Waals surface area (Å²) in [6, 6.07) is 7.66. The summed E-state index contributed by atoms with van der Waals surface area (Å²) in [5.74, 6) is 0.839. The molecule has 0 aromatic heterocycles. The Balaban J connectivity index is 2.34. The number of rotatable bonds is 5. The number of hydrogen-bond acceptors (Lipinski definition) is 2.